The number of anilines is 1. The second kappa shape index (κ2) is 6.93. The maximum absolute atomic E-state index is 12.1. The van der Waals surface area contributed by atoms with Gasteiger partial charge in [-0.2, -0.15) is 0 Å². The lowest BCUT2D eigenvalue weighted by molar-refractivity contribution is -0.384. The van der Waals surface area contributed by atoms with E-state index in [-0.39, 0.29) is 5.69 Å². The number of non-ortho nitro benzene ring substituents is 1. The van der Waals surface area contributed by atoms with Crippen molar-refractivity contribution in [1.82, 2.24) is 0 Å². The summed E-state index contributed by atoms with van der Waals surface area (Å²) in [6, 6.07) is 14.3. The topological polar surface area (TPSA) is 72.7 Å². The minimum Gasteiger partial charge on any atom is -0.494 e. The van der Waals surface area contributed by atoms with Crippen LogP contribution >= 0.6 is 0 Å². The first kappa shape index (κ1) is 17.0. The van der Waals surface area contributed by atoms with Crippen molar-refractivity contribution in [2.45, 2.75) is 31.2 Å². The highest BCUT2D eigenvalue weighted by molar-refractivity contribution is 5.82. The third-order valence-corrected chi connectivity index (χ3v) is 4.94. The van der Waals surface area contributed by atoms with Crippen molar-refractivity contribution < 1.29 is 14.5 Å². The molecule has 0 atom stereocenters. The van der Waals surface area contributed by atoms with Crippen molar-refractivity contribution in [1.29, 1.82) is 0 Å². The van der Waals surface area contributed by atoms with Crippen molar-refractivity contribution in [3.8, 4) is 5.75 Å². The van der Waals surface area contributed by atoms with E-state index >= 15 is 0 Å². The predicted molar refractivity (Wildman–Crippen MR) is 94.8 cm³/mol. The van der Waals surface area contributed by atoms with Gasteiger partial charge in [-0.1, -0.05) is 43.2 Å². The van der Waals surface area contributed by atoms with Gasteiger partial charge in [-0.15, -0.1) is 0 Å². The number of nitrogens with zero attached hydrogens (tertiary/aromatic N) is 2. The molecule has 130 valence electrons. The van der Waals surface area contributed by atoms with E-state index in [1.54, 1.807) is 11.0 Å². The van der Waals surface area contributed by atoms with Crippen molar-refractivity contribution in [2.75, 3.05) is 12.0 Å². The summed E-state index contributed by atoms with van der Waals surface area (Å²) in [6.45, 7) is 0. The zero-order valence-corrected chi connectivity index (χ0v) is 14.1. The molecule has 25 heavy (non-hydrogen) atoms. The summed E-state index contributed by atoms with van der Waals surface area (Å²) in [6.07, 6.45) is 4.54. The van der Waals surface area contributed by atoms with Gasteiger partial charge in [0.25, 0.3) is 5.69 Å². The lowest BCUT2D eigenvalue weighted by atomic mass is 9.86. The molecule has 6 heteroatoms. The fourth-order valence-electron chi connectivity index (χ4n) is 3.74. The Labute approximate surface area is 146 Å². The van der Waals surface area contributed by atoms with E-state index in [4.69, 9.17) is 4.74 Å². The Hall–Kier alpha value is -2.89. The first-order chi connectivity index (χ1) is 12.1. The number of benzene rings is 2. The van der Waals surface area contributed by atoms with Crippen LogP contribution in [-0.4, -0.2) is 18.4 Å². The van der Waals surface area contributed by atoms with E-state index in [1.807, 2.05) is 30.3 Å². The van der Waals surface area contributed by atoms with Crippen LogP contribution in [0.15, 0.2) is 48.5 Å². The van der Waals surface area contributed by atoms with Gasteiger partial charge in [-0.25, -0.2) is 0 Å². The molecule has 2 aromatic rings. The zero-order valence-electron chi connectivity index (χ0n) is 14.1. The number of ether oxygens (including phenoxy) is 1. The Balaban J connectivity index is 2.12. The SMILES string of the molecule is COc1cc([N+](=O)[O-])ccc1N(C=O)C1(c2ccccc2)CCCC1. The van der Waals surface area contributed by atoms with E-state index in [9.17, 15) is 14.9 Å². The van der Waals surface area contributed by atoms with Crippen LogP contribution < -0.4 is 9.64 Å². The van der Waals surface area contributed by atoms with Gasteiger partial charge >= 0.3 is 0 Å². The fraction of sp³-hybridized carbons (Fsp3) is 0.316. The molecule has 0 spiro atoms. The van der Waals surface area contributed by atoms with Gasteiger partial charge in [0.05, 0.1) is 29.3 Å². The number of hydrogen-bond donors (Lipinski definition) is 0. The minimum absolute atomic E-state index is 0.0633. The normalized spacial score (nSPS) is 15.6. The Morgan fingerprint density at radius 1 is 1.16 bits per heavy atom. The Kier molecular flexibility index (Phi) is 4.70. The van der Waals surface area contributed by atoms with Gasteiger partial charge < -0.3 is 9.64 Å². The Morgan fingerprint density at radius 2 is 1.84 bits per heavy atom. The monoisotopic (exact) mass is 340 g/mol. The molecule has 0 heterocycles. The number of amides is 1. The number of hydrogen-bond acceptors (Lipinski definition) is 4. The number of nitro groups is 1. The molecule has 0 unspecified atom stereocenters. The van der Waals surface area contributed by atoms with Crippen molar-refractivity contribution >= 4 is 17.8 Å². The van der Waals surface area contributed by atoms with Crippen LogP contribution in [0.5, 0.6) is 5.75 Å². The molecule has 0 saturated heterocycles. The third-order valence-electron chi connectivity index (χ3n) is 4.94. The second-order valence-electron chi connectivity index (χ2n) is 6.19. The lowest BCUT2D eigenvalue weighted by Gasteiger charge is -2.40. The molecule has 0 aromatic heterocycles. The van der Waals surface area contributed by atoms with Gasteiger partial charge in [0, 0.05) is 6.07 Å². The predicted octanol–water partition coefficient (Wildman–Crippen LogP) is 4.04. The summed E-state index contributed by atoms with van der Waals surface area (Å²) in [7, 11) is 1.45. The summed E-state index contributed by atoms with van der Waals surface area (Å²) >= 11 is 0. The molecule has 2 aromatic carbocycles. The third kappa shape index (κ3) is 2.95. The Morgan fingerprint density at radius 3 is 2.40 bits per heavy atom. The van der Waals surface area contributed by atoms with Gasteiger partial charge in [0.2, 0.25) is 6.41 Å². The first-order valence-electron chi connectivity index (χ1n) is 8.25. The highest BCUT2D eigenvalue weighted by Gasteiger charge is 2.42. The van der Waals surface area contributed by atoms with Crippen molar-refractivity contribution in [3.63, 3.8) is 0 Å². The van der Waals surface area contributed by atoms with Crippen LogP contribution in [0, 0.1) is 10.1 Å². The standard InChI is InChI=1S/C19H20N2O4/c1-25-18-13-16(21(23)24)9-10-17(18)20(14-22)19(11-5-6-12-19)15-7-3-2-4-8-15/h2-4,7-10,13-14H,5-6,11-12H2,1H3. The molecular weight excluding hydrogens is 320 g/mol. The van der Waals surface area contributed by atoms with Gasteiger partial charge in [0.1, 0.15) is 5.75 Å². The summed E-state index contributed by atoms with van der Waals surface area (Å²) in [5, 5.41) is 11.0. The molecule has 1 amide bonds. The summed E-state index contributed by atoms with van der Waals surface area (Å²) in [5.74, 6) is 0.323. The van der Waals surface area contributed by atoms with E-state index < -0.39 is 10.5 Å². The maximum Gasteiger partial charge on any atom is 0.273 e. The highest BCUT2D eigenvalue weighted by atomic mass is 16.6. The number of methoxy groups -OCH3 is 1. The van der Waals surface area contributed by atoms with Crippen LogP contribution in [0.1, 0.15) is 31.2 Å². The molecular formula is C19H20N2O4. The van der Waals surface area contributed by atoms with E-state index in [2.05, 4.69) is 0 Å². The first-order valence-corrected chi connectivity index (χ1v) is 8.25. The summed E-state index contributed by atoms with van der Waals surface area (Å²) in [5.41, 5.74) is 1.10. The molecule has 6 nitrogen and oxygen atoms in total. The van der Waals surface area contributed by atoms with Gasteiger partial charge in [-0.3, -0.25) is 14.9 Å². The maximum atomic E-state index is 12.1. The molecule has 0 N–H and O–H groups in total. The zero-order chi connectivity index (χ0) is 17.9. The lowest BCUT2D eigenvalue weighted by Crippen LogP contribution is -2.43. The second-order valence-corrected chi connectivity index (χ2v) is 6.19. The summed E-state index contributed by atoms with van der Waals surface area (Å²) in [4.78, 5) is 24.3. The molecule has 1 aliphatic carbocycles. The van der Waals surface area contributed by atoms with Crippen LogP contribution in [0.4, 0.5) is 11.4 Å². The van der Waals surface area contributed by atoms with Crippen LogP contribution in [0.3, 0.4) is 0 Å². The molecule has 1 fully saturated rings. The van der Waals surface area contributed by atoms with Crippen LogP contribution in [-0.2, 0) is 10.3 Å². The average Bonchev–Trinajstić information content (AvgIpc) is 3.14. The van der Waals surface area contributed by atoms with Crippen molar-refractivity contribution in [2.24, 2.45) is 0 Å². The van der Waals surface area contributed by atoms with E-state index in [0.29, 0.717) is 11.4 Å². The minimum atomic E-state index is -0.472. The number of nitro benzene ring substituents is 1. The van der Waals surface area contributed by atoms with Crippen LogP contribution in [0.2, 0.25) is 0 Å². The molecule has 0 bridgehead atoms. The van der Waals surface area contributed by atoms with E-state index in [0.717, 1.165) is 37.7 Å². The number of rotatable bonds is 6. The number of carbonyl (C=O) groups excluding carboxylic acids is 1. The van der Waals surface area contributed by atoms with Gasteiger partial charge in [-0.05, 0) is 24.5 Å². The van der Waals surface area contributed by atoms with Gasteiger partial charge in [0.15, 0.2) is 0 Å². The smallest absolute Gasteiger partial charge is 0.273 e. The van der Waals surface area contributed by atoms with Crippen molar-refractivity contribution in [3.05, 3.63) is 64.2 Å². The Bertz CT molecular complexity index is 770. The summed E-state index contributed by atoms with van der Waals surface area (Å²) < 4.78 is 5.35. The fourth-order valence-corrected chi connectivity index (χ4v) is 3.74. The average molecular weight is 340 g/mol. The molecule has 0 aliphatic heterocycles. The largest absolute Gasteiger partial charge is 0.494 e. The molecule has 3 rings (SSSR count). The quantitative estimate of drug-likeness (QED) is 0.452. The number of carbonyl (C=O) groups is 1. The molecule has 1 saturated carbocycles. The highest BCUT2D eigenvalue weighted by Crippen LogP contribution is 2.47. The van der Waals surface area contributed by atoms with Crippen LogP contribution in [0.25, 0.3) is 0 Å². The molecule has 1 aliphatic rings. The van der Waals surface area contributed by atoms with E-state index in [1.165, 1.54) is 19.2 Å². The molecule has 0 radical (unpaired) electrons.